The number of Topliss-reactive ketones (excluding diaryl/α,β-unsaturated/α-hetero) is 2. The fourth-order valence-corrected chi connectivity index (χ4v) is 2.69. The van der Waals surface area contributed by atoms with Crippen LogP contribution < -0.4 is 0 Å². The zero-order chi connectivity index (χ0) is 17.1. The molecule has 0 amide bonds. The van der Waals surface area contributed by atoms with Gasteiger partial charge < -0.3 is 5.11 Å². The third-order valence-corrected chi connectivity index (χ3v) is 4.10. The van der Waals surface area contributed by atoms with Crippen molar-refractivity contribution >= 4 is 11.6 Å². The van der Waals surface area contributed by atoms with Crippen molar-refractivity contribution in [2.45, 2.75) is 71.6 Å². The fourth-order valence-electron chi connectivity index (χ4n) is 2.69. The number of unbranched alkanes of at least 4 members (excludes halogenated alkanes) is 4. The first-order chi connectivity index (χ1) is 11.1. The highest BCUT2D eigenvalue weighted by Gasteiger charge is 2.17. The van der Waals surface area contributed by atoms with Gasteiger partial charge in [0.15, 0.2) is 11.6 Å². The number of carbonyl (C=O) groups is 2. The Bertz CT molecular complexity index is 506. The quantitative estimate of drug-likeness (QED) is 0.447. The maximum absolute atomic E-state index is 12.5. The third-order valence-electron chi connectivity index (χ3n) is 4.10. The van der Waals surface area contributed by atoms with Gasteiger partial charge in [0, 0.05) is 30.6 Å². The van der Waals surface area contributed by atoms with Crippen molar-refractivity contribution in [3.05, 3.63) is 34.9 Å². The highest BCUT2D eigenvalue weighted by Crippen LogP contribution is 2.19. The Balaban J connectivity index is 2.93. The SMILES string of the molecule is CCCCCC(=O)c1ccc(CCO)cc1C(=O)CCCCC. The van der Waals surface area contributed by atoms with Crippen LogP contribution >= 0.6 is 0 Å². The molecule has 0 heterocycles. The standard InChI is InChI=1S/C20H30O3/c1-3-5-7-9-19(22)17-12-11-16(13-14-21)15-18(17)20(23)10-8-6-4-2/h11-12,15,21H,3-10,13-14H2,1-2H3. The Morgan fingerprint density at radius 3 is 1.96 bits per heavy atom. The summed E-state index contributed by atoms with van der Waals surface area (Å²) in [6.07, 6.45) is 7.45. The molecule has 3 heteroatoms. The molecule has 128 valence electrons. The molecule has 0 spiro atoms. The zero-order valence-electron chi connectivity index (χ0n) is 14.6. The van der Waals surface area contributed by atoms with Crippen molar-refractivity contribution < 1.29 is 14.7 Å². The highest BCUT2D eigenvalue weighted by molar-refractivity contribution is 6.08. The van der Waals surface area contributed by atoms with Gasteiger partial charge >= 0.3 is 0 Å². The lowest BCUT2D eigenvalue weighted by molar-refractivity contribution is 0.0946. The molecule has 0 aromatic heterocycles. The summed E-state index contributed by atoms with van der Waals surface area (Å²) in [6, 6.07) is 5.43. The summed E-state index contributed by atoms with van der Waals surface area (Å²) < 4.78 is 0. The first-order valence-electron chi connectivity index (χ1n) is 8.94. The molecule has 0 saturated heterocycles. The average molecular weight is 318 g/mol. The Hall–Kier alpha value is -1.48. The molecule has 0 bridgehead atoms. The first kappa shape index (κ1) is 19.6. The van der Waals surface area contributed by atoms with Crippen molar-refractivity contribution in [2.75, 3.05) is 6.61 Å². The van der Waals surface area contributed by atoms with Gasteiger partial charge in [-0.15, -0.1) is 0 Å². The minimum Gasteiger partial charge on any atom is -0.396 e. The van der Waals surface area contributed by atoms with E-state index in [1.807, 2.05) is 6.07 Å². The molecule has 1 aromatic rings. The van der Waals surface area contributed by atoms with E-state index in [0.29, 0.717) is 30.4 Å². The number of ketones is 2. The molecular formula is C20H30O3. The lowest BCUT2D eigenvalue weighted by Crippen LogP contribution is -2.10. The topological polar surface area (TPSA) is 54.4 Å². The number of hydrogen-bond acceptors (Lipinski definition) is 3. The Labute approximate surface area is 140 Å². The van der Waals surface area contributed by atoms with Gasteiger partial charge in [-0.3, -0.25) is 9.59 Å². The molecule has 0 unspecified atom stereocenters. The van der Waals surface area contributed by atoms with E-state index in [1.165, 1.54) is 0 Å². The number of benzene rings is 1. The van der Waals surface area contributed by atoms with Crippen LogP contribution in [-0.4, -0.2) is 23.3 Å². The van der Waals surface area contributed by atoms with Gasteiger partial charge in [0.2, 0.25) is 0 Å². The van der Waals surface area contributed by atoms with E-state index in [9.17, 15) is 9.59 Å². The molecule has 3 nitrogen and oxygen atoms in total. The first-order valence-corrected chi connectivity index (χ1v) is 8.94. The predicted molar refractivity (Wildman–Crippen MR) is 94.2 cm³/mol. The van der Waals surface area contributed by atoms with E-state index in [2.05, 4.69) is 13.8 Å². The summed E-state index contributed by atoms with van der Waals surface area (Å²) in [5.41, 5.74) is 2.02. The monoisotopic (exact) mass is 318 g/mol. The zero-order valence-corrected chi connectivity index (χ0v) is 14.6. The Kier molecular flexibility index (Phi) is 9.46. The van der Waals surface area contributed by atoms with E-state index >= 15 is 0 Å². The average Bonchev–Trinajstić information content (AvgIpc) is 2.55. The normalized spacial score (nSPS) is 10.7. The minimum atomic E-state index is 0.0489. The molecule has 1 N–H and O–H groups in total. The Morgan fingerprint density at radius 2 is 1.43 bits per heavy atom. The predicted octanol–water partition coefficient (Wildman–Crippen LogP) is 4.75. The van der Waals surface area contributed by atoms with Crippen LogP contribution in [0.1, 0.15) is 91.5 Å². The Morgan fingerprint density at radius 1 is 0.870 bits per heavy atom. The number of rotatable bonds is 12. The number of carbonyl (C=O) groups excluding carboxylic acids is 2. The van der Waals surface area contributed by atoms with E-state index in [0.717, 1.165) is 44.1 Å². The number of aliphatic hydroxyl groups excluding tert-OH is 1. The van der Waals surface area contributed by atoms with Crippen molar-refractivity contribution in [3.8, 4) is 0 Å². The molecule has 0 atom stereocenters. The van der Waals surface area contributed by atoms with Crippen LogP contribution in [0.4, 0.5) is 0 Å². The van der Waals surface area contributed by atoms with E-state index in [1.54, 1.807) is 12.1 Å². The summed E-state index contributed by atoms with van der Waals surface area (Å²) in [6.45, 7) is 4.26. The summed E-state index contributed by atoms with van der Waals surface area (Å²) in [5, 5.41) is 9.09. The lowest BCUT2D eigenvalue weighted by Gasteiger charge is -2.10. The molecular weight excluding hydrogens is 288 g/mol. The van der Waals surface area contributed by atoms with Crippen LogP contribution in [0.3, 0.4) is 0 Å². The lowest BCUT2D eigenvalue weighted by atomic mass is 9.92. The summed E-state index contributed by atoms with van der Waals surface area (Å²) in [5.74, 6) is 0.116. The van der Waals surface area contributed by atoms with Gasteiger partial charge in [0.25, 0.3) is 0 Å². The maximum atomic E-state index is 12.5. The van der Waals surface area contributed by atoms with Crippen molar-refractivity contribution in [2.24, 2.45) is 0 Å². The second-order valence-electron chi connectivity index (χ2n) is 6.11. The number of aliphatic hydroxyl groups is 1. The molecule has 23 heavy (non-hydrogen) atoms. The van der Waals surface area contributed by atoms with E-state index in [4.69, 9.17) is 5.11 Å². The molecule has 0 fully saturated rings. The third kappa shape index (κ3) is 6.66. The fraction of sp³-hybridized carbons (Fsp3) is 0.600. The van der Waals surface area contributed by atoms with Crippen molar-refractivity contribution in [3.63, 3.8) is 0 Å². The largest absolute Gasteiger partial charge is 0.396 e. The smallest absolute Gasteiger partial charge is 0.163 e. The maximum Gasteiger partial charge on any atom is 0.163 e. The van der Waals surface area contributed by atoms with Gasteiger partial charge in [0.05, 0.1) is 0 Å². The molecule has 0 aliphatic rings. The van der Waals surface area contributed by atoms with Gasteiger partial charge in [-0.1, -0.05) is 51.7 Å². The summed E-state index contributed by atoms with van der Waals surface area (Å²) in [7, 11) is 0. The van der Waals surface area contributed by atoms with Gasteiger partial charge in [-0.05, 0) is 30.9 Å². The van der Waals surface area contributed by atoms with Gasteiger partial charge in [-0.25, -0.2) is 0 Å². The second-order valence-corrected chi connectivity index (χ2v) is 6.11. The van der Waals surface area contributed by atoms with Crippen LogP contribution in [0.5, 0.6) is 0 Å². The minimum absolute atomic E-state index is 0.0489. The molecule has 1 rings (SSSR count). The van der Waals surface area contributed by atoms with Gasteiger partial charge in [-0.2, -0.15) is 0 Å². The summed E-state index contributed by atoms with van der Waals surface area (Å²) >= 11 is 0. The van der Waals surface area contributed by atoms with Crippen LogP contribution in [0.25, 0.3) is 0 Å². The van der Waals surface area contributed by atoms with Crippen molar-refractivity contribution in [1.82, 2.24) is 0 Å². The molecule has 0 saturated carbocycles. The second kappa shape index (κ2) is 11.1. The molecule has 0 radical (unpaired) electrons. The molecule has 0 aliphatic heterocycles. The van der Waals surface area contributed by atoms with Crippen molar-refractivity contribution in [1.29, 1.82) is 0 Å². The van der Waals surface area contributed by atoms with Crippen LogP contribution in [-0.2, 0) is 6.42 Å². The van der Waals surface area contributed by atoms with Crippen LogP contribution in [0.15, 0.2) is 18.2 Å². The van der Waals surface area contributed by atoms with Gasteiger partial charge in [0.1, 0.15) is 0 Å². The van der Waals surface area contributed by atoms with E-state index in [-0.39, 0.29) is 18.2 Å². The van der Waals surface area contributed by atoms with Crippen LogP contribution in [0.2, 0.25) is 0 Å². The van der Waals surface area contributed by atoms with Crippen LogP contribution in [0, 0.1) is 0 Å². The summed E-state index contributed by atoms with van der Waals surface area (Å²) in [4.78, 5) is 25.0. The van der Waals surface area contributed by atoms with E-state index < -0.39 is 0 Å². The highest BCUT2D eigenvalue weighted by atomic mass is 16.3. The molecule has 1 aromatic carbocycles. The molecule has 0 aliphatic carbocycles. The number of hydrogen-bond donors (Lipinski definition) is 1.